The summed E-state index contributed by atoms with van der Waals surface area (Å²) in [6.45, 7) is 6.69. The maximum absolute atomic E-state index is 12.3. The number of benzene rings is 1. The number of carbonyl (C=O) groups is 1. The molecule has 1 aromatic heterocycles. The van der Waals surface area contributed by atoms with Crippen molar-refractivity contribution in [1.82, 2.24) is 15.5 Å². The van der Waals surface area contributed by atoms with Gasteiger partial charge in [0.15, 0.2) is 11.5 Å². The molecule has 0 aliphatic carbocycles. The molecule has 7 nitrogen and oxygen atoms in total. The van der Waals surface area contributed by atoms with Crippen molar-refractivity contribution in [2.75, 3.05) is 13.2 Å². The molecule has 1 aliphatic rings. The molecule has 0 bridgehead atoms. The fraction of sp³-hybridized carbons (Fsp3) is 0.471. The Morgan fingerprint density at radius 2 is 1.80 bits per heavy atom. The number of halogens is 1. The van der Waals surface area contributed by atoms with Crippen LogP contribution in [-0.4, -0.2) is 29.3 Å². The maximum Gasteiger partial charge on any atom is 0.238 e. The molecule has 8 heteroatoms. The second-order valence-electron chi connectivity index (χ2n) is 6.19. The van der Waals surface area contributed by atoms with E-state index < -0.39 is 0 Å². The highest BCUT2D eigenvalue weighted by Crippen LogP contribution is 2.35. The summed E-state index contributed by atoms with van der Waals surface area (Å²) in [5, 5.41) is 11.3. The third-order valence-corrected chi connectivity index (χ3v) is 4.11. The minimum absolute atomic E-state index is 0.116. The van der Waals surface area contributed by atoms with Crippen molar-refractivity contribution in [2.45, 2.75) is 39.2 Å². The van der Waals surface area contributed by atoms with E-state index in [9.17, 15) is 4.79 Å². The lowest BCUT2D eigenvalue weighted by atomic mass is 10.1. The first-order valence-electron chi connectivity index (χ1n) is 8.14. The van der Waals surface area contributed by atoms with E-state index in [1.807, 2.05) is 13.8 Å². The van der Waals surface area contributed by atoms with E-state index in [1.165, 1.54) is 0 Å². The summed E-state index contributed by atoms with van der Waals surface area (Å²) in [7, 11) is 0. The van der Waals surface area contributed by atoms with Gasteiger partial charge in [0.2, 0.25) is 17.7 Å². The van der Waals surface area contributed by atoms with Gasteiger partial charge in [0.25, 0.3) is 0 Å². The molecule has 0 radical (unpaired) electrons. The van der Waals surface area contributed by atoms with Crippen molar-refractivity contribution in [3.05, 3.63) is 34.5 Å². The summed E-state index contributed by atoms with van der Waals surface area (Å²) in [5.41, 5.74) is 0.670. The maximum atomic E-state index is 12.3. The van der Waals surface area contributed by atoms with Crippen molar-refractivity contribution in [3.63, 3.8) is 0 Å². The molecule has 1 atom stereocenters. The third-order valence-electron chi connectivity index (χ3n) is 3.76. The van der Waals surface area contributed by atoms with Crippen LogP contribution in [0.2, 0.25) is 5.02 Å². The monoisotopic (exact) mass is 365 g/mol. The van der Waals surface area contributed by atoms with E-state index in [-0.39, 0.29) is 24.3 Å². The van der Waals surface area contributed by atoms with E-state index in [0.717, 1.165) is 0 Å². The second-order valence-corrected chi connectivity index (χ2v) is 6.59. The van der Waals surface area contributed by atoms with Gasteiger partial charge in [-0.15, -0.1) is 10.2 Å². The molecule has 1 aliphatic heterocycles. The van der Waals surface area contributed by atoms with Crippen LogP contribution in [0.5, 0.6) is 11.5 Å². The molecule has 25 heavy (non-hydrogen) atoms. The highest BCUT2D eigenvalue weighted by Gasteiger charge is 2.20. The number of hydrogen-bond acceptors (Lipinski definition) is 6. The number of rotatable bonds is 5. The topological polar surface area (TPSA) is 86.5 Å². The smallest absolute Gasteiger partial charge is 0.238 e. The minimum Gasteiger partial charge on any atom is -0.486 e. The van der Waals surface area contributed by atoms with E-state index in [0.29, 0.717) is 47.1 Å². The van der Waals surface area contributed by atoms with E-state index in [4.69, 9.17) is 25.5 Å². The molecule has 1 aromatic carbocycles. The summed E-state index contributed by atoms with van der Waals surface area (Å²) in [6.07, 6.45) is 0.116. The van der Waals surface area contributed by atoms with Gasteiger partial charge < -0.3 is 19.2 Å². The summed E-state index contributed by atoms with van der Waals surface area (Å²) in [6, 6.07) is 3.03. The van der Waals surface area contributed by atoms with Gasteiger partial charge in [0, 0.05) is 17.0 Å². The van der Waals surface area contributed by atoms with E-state index in [2.05, 4.69) is 15.5 Å². The molecule has 2 aromatic rings. The standard InChI is InChI=1S/C17H20ClN3O4/c1-9(2)16-20-21-17(25-16)10(3)19-15(22)7-11-6-13-14(8-12(11)18)24-5-4-23-13/h6,8-10H,4-5,7H2,1-3H3,(H,19,22). The number of carbonyl (C=O) groups excluding carboxylic acids is 1. The SMILES string of the molecule is CC(C)c1nnc(C(C)NC(=O)Cc2cc3c(cc2Cl)OCCO3)o1. The molecule has 0 saturated heterocycles. The molecule has 0 saturated carbocycles. The predicted molar refractivity (Wildman–Crippen MR) is 91.1 cm³/mol. The zero-order chi connectivity index (χ0) is 18.0. The van der Waals surface area contributed by atoms with E-state index >= 15 is 0 Å². The summed E-state index contributed by atoms with van der Waals surface area (Å²) >= 11 is 6.24. The number of nitrogens with zero attached hydrogens (tertiary/aromatic N) is 2. The Hall–Kier alpha value is -2.28. The van der Waals surface area contributed by atoms with Gasteiger partial charge in [-0.2, -0.15) is 0 Å². The number of ether oxygens (including phenoxy) is 2. The normalized spacial score (nSPS) is 14.4. The highest BCUT2D eigenvalue weighted by atomic mass is 35.5. The zero-order valence-electron chi connectivity index (χ0n) is 14.3. The van der Waals surface area contributed by atoms with Crippen LogP contribution < -0.4 is 14.8 Å². The first-order chi connectivity index (χ1) is 11.9. The van der Waals surface area contributed by atoms with Gasteiger partial charge in [-0.1, -0.05) is 25.4 Å². The van der Waals surface area contributed by atoms with Gasteiger partial charge in [0.1, 0.15) is 19.3 Å². The van der Waals surface area contributed by atoms with Crippen LogP contribution in [0.15, 0.2) is 16.5 Å². The van der Waals surface area contributed by atoms with Crippen molar-refractivity contribution in [2.24, 2.45) is 0 Å². The van der Waals surface area contributed by atoms with Gasteiger partial charge in [-0.05, 0) is 18.6 Å². The summed E-state index contributed by atoms with van der Waals surface area (Å²) in [5.74, 6) is 2.07. The Balaban J connectivity index is 1.65. The lowest BCUT2D eigenvalue weighted by molar-refractivity contribution is -0.121. The number of fused-ring (bicyclic) bond motifs is 1. The van der Waals surface area contributed by atoms with Crippen LogP contribution in [0, 0.1) is 0 Å². The largest absolute Gasteiger partial charge is 0.486 e. The first kappa shape index (κ1) is 17.5. The number of nitrogens with one attached hydrogen (secondary N) is 1. The molecule has 1 N–H and O–H groups in total. The van der Waals surface area contributed by atoms with Crippen LogP contribution >= 0.6 is 11.6 Å². The average Bonchev–Trinajstić information content (AvgIpc) is 3.06. The van der Waals surface area contributed by atoms with Gasteiger partial charge in [0.05, 0.1) is 6.42 Å². The fourth-order valence-corrected chi connectivity index (χ4v) is 2.64. The lowest BCUT2D eigenvalue weighted by Crippen LogP contribution is -2.28. The quantitative estimate of drug-likeness (QED) is 0.876. The fourth-order valence-electron chi connectivity index (χ4n) is 2.42. The van der Waals surface area contributed by atoms with Gasteiger partial charge in [-0.25, -0.2) is 0 Å². The summed E-state index contributed by atoms with van der Waals surface area (Å²) < 4.78 is 16.6. The first-order valence-corrected chi connectivity index (χ1v) is 8.52. The zero-order valence-corrected chi connectivity index (χ0v) is 15.1. The molecule has 1 unspecified atom stereocenters. The highest BCUT2D eigenvalue weighted by molar-refractivity contribution is 6.31. The number of hydrogen-bond donors (Lipinski definition) is 1. The number of amides is 1. The third kappa shape index (κ3) is 4.04. The van der Waals surface area contributed by atoms with Crippen molar-refractivity contribution in [3.8, 4) is 11.5 Å². The van der Waals surface area contributed by atoms with Crippen LogP contribution in [0.25, 0.3) is 0 Å². The Bertz CT molecular complexity index is 775. The van der Waals surface area contributed by atoms with Crippen LogP contribution in [0.1, 0.15) is 50.1 Å². The van der Waals surface area contributed by atoms with Crippen LogP contribution in [0.3, 0.4) is 0 Å². The van der Waals surface area contributed by atoms with Crippen molar-refractivity contribution in [1.29, 1.82) is 0 Å². The Kier molecular flexibility index (Phi) is 5.13. The second kappa shape index (κ2) is 7.31. The minimum atomic E-state index is -0.386. The Labute approximate surface area is 150 Å². The predicted octanol–water partition coefficient (Wildman–Crippen LogP) is 3.04. The molecule has 1 amide bonds. The summed E-state index contributed by atoms with van der Waals surface area (Å²) in [4.78, 5) is 12.3. The molecule has 0 fully saturated rings. The number of aromatic nitrogens is 2. The van der Waals surface area contributed by atoms with Crippen molar-refractivity contribution < 1.29 is 18.7 Å². The Morgan fingerprint density at radius 1 is 1.16 bits per heavy atom. The van der Waals surface area contributed by atoms with Gasteiger partial charge >= 0.3 is 0 Å². The molecular weight excluding hydrogens is 346 g/mol. The molecule has 134 valence electrons. The average molecular weight is 366 g/mol. The van der Waals surface area contributed by atoms with Crippen molar-refractivity contribution >= 4 is 17.5 Å². The molecule has 3 rings (SSSR count). The van der Waals surface area contributed by atoms with E-state index in [1.54, 1.807) is 19.1 Å². The lowest BCUT2D eigenvalue weighted by Gasteiger charge is -2.20. The Morgan fingerprint density at radius 3 is 2.44 bits per heavy atom. The van der Waals surface area contributed by atoms with Crippen LogP contribution in [0.4, 0.5) is 0 Å². The molecular formula is C17H20ClN3O4. The molecule has 0 spiro atoms. The molecule has 2 heterocycles. The van der Waals surface area contributed by atoms with Crippen LogP contribution in [-0.2, 0) is 11.2 Å². The van der Waals surface area contributed by atoms with Gasteiger partial charge in [-0.3, -0.25) is 4.79 Å².